The Morgan fingerprint density at radius 3 is 2.94 bits per heavy atom. The van der Waals surface area contributed by atoms with E-state index in [0.717, 1.165) is 31.2 Å². The average molecular weight is 245 g/mol. The monoisotopic (exact) mass is 245 g/mol. The van der Waals surface area contributed by atoms with Crippen LogP contribution in [0.3, 0.4) is 0 Å². The minimum Gasteiger partial charge on any atom is -0.472 e. The van der Waals surface area contributed by atoms with Crippen molar-refractivity contribution >= 4 is 0 Å². The topological polar surface area (TPSA) is 71.9 Å². The van der Waals surface area contributed by atoms with Crippen LogP contribution >= 0.6 is 0 Å². The first kappa shape index (κ1) is 12.8. The van der Waals surface area contributed by atoms with Crippen molar-refractivity contribution in [2.45, 2.75) is 51.2 Å². The lowest BCUT2D eigenvalue weighted by atomic mass is 10.1. The second-order valence-electron chi connectivity index (χ2n) is 4.88. The third kappa shape index (κ3) is 2.80. The Hall–Kier alpha value is -1.60. The molecule has 1 saturated carbocycles. The molecule has 96 valence electrons. The van der Waals surface area contributed by atoms with Gasteiger partial charge in [0.05, 0.1) is 0 Å². The summed E-state index contributed by atoms with van der Waals surface area (Å²) in [7, 11) is 0. The van der Waals surface area contributed by atoms with Gasteiger partial charge in [-0.1, -0.05) is 12.8 Å². The van der Waals surface area contributed by atoms with Gasteiger partial charge in [-0.2, -0.15) is 5.26 Å². The number of nitrogens with two attached hydrogens (primary N) is 1. The number of ether oxygens (including phenoxy) is 1. The molecule has 1 aromatic heterocycles. The Balaban J connectivity index is 2.18. The molecule has 2 N–H and O–H groups in total. The minimum atomic E-state index is -0.0195. The van der Waals surface area contributed by atoms with Crippen LogP contribution < -0.4 is 10.5 Å². The van der Waals surface area contributed by atoms with E-state index in [2.05, 4.69) is 11.1 Å². The molecule has 0 amide bonds. The number of hydrogen-bond acceptors (Lipinski definition) is 4. The van der Waals surface area contributed by atoms with Crippen molar-refractivity contribution in [1.82, 2.24) is 4.98 Å². The highest BCUT2D eigenvalue weighted by atomic mass is 16.5. The largest absolute Gasteiger partial charge is 0.472 e. The van der Waals surface area contributed by atoms with E-state index in [-0.39, 0.29) is 12.1 Å². The molecule has 1 aliphatic carbocycles. The fraction of sp³-hybridized carbons (Fsp3) is 0.571. The number of nitriles is 1. The summed E-state index contributed by atoms with van der Waals surface area (Å²) in [6.45, 7) is 1.89. The van der Waals surface area contributed by atoms with Crippen LogP contribution in [0.25, 0.3) is 0 Å². The van der Waals surface area contributed by atoms with Gasteiger partial charge in [-0.15, -0.1) is 0 Å². The summed E-state index contributed by atoms with van der Waals surface area (Å²) < 4.78 is 5.89. The third-order valence-corrected chi connectivity index (χ3v) is 3.50. The first-order valence-electron chi connectivity index (χ1n) is 6.50. The third-order valence-electron chi connectivity index (χ3n) is 3.50. The second-order valence-corrected chi connectivity index (χ2v) is 4.88. The molecule has 1 heterocycles. The normalized spacial score (nSPS) is 24.1. The minimum absolute atomic E-state index is 0.0195. The molecule has 1 aliphatic rings. The van der Waals surface area contributed by atoms with Crippen molar-refractivity contribution in [2.24, 2.45) is 5.73 Å². The van der Waals surface area contributed by atoms with Crippen LogP contribution in [0.5, 0.6) is 5.88 Å². The zero-order valence-electron chi connectivity index (χ0n) is 10.7. The Morgan fingerprint density at radius 1 is 1.39 bits per heavy atom. The van der Waals surface area contributed by atoms with Gasteiger partial charge >= 0.3 is 0 Å². The first-order chi connectivity index (χ1) is 8.72. The molecule has 0 aliphatic heterocycles. The summed E-state index contributed by atoms with van der Waals surface area (Å²) in [6, 6.07) is 4.02. The molecule has 1 fully saturated rings. The van der Waals surface area contributed by atoms with E-state index in [0.29, 0.717) is 11.4 Å². The van der Waals surface area contributed by atoms with Crippen LogP contribution in [-0.4, -0.2) is 17.1 Å². The van der Waals surface area contributed by atoms with E-state index in [1.807, 2.05) is 13.0 Å². The van der Waals surface area contributed by atoms with Crippen LogP contribution in [-0.2, 0) is 0 Å². The molecule has 0 bridgehead atoms. The molecule has 0 radical (unpaired) electrons. The van der Waals surface area contributed by atoms with Crippen LogP contribution in [0, 0.1) is 18.3 Å². The summed E-state index contributed by atoms with van der Waals surface area (Å²) in [4.78, 5) is 4.17. The standard InChI is InChI=1S/C14H19N3O/c1-10-7-8-17-14(11(10)9-15)18-13-6-4-2-3-5-12(13)16/h7-8,12-13H,2-6,16H2,1H3. The Bertz CT molecular complexity index is 453. The predicted molar refractivity (Wildman–Crippen MR) is 69.2 cm³/mol. The number of aryl methyl sites for hydroxylation is 1. The van der Waals surface area contributed by atoms with Gasteiger partial charge in [-0.3, -0.25) is 0 Å². The van der Waals surface area contributed by atoms with E-state index >= 15 is 0 Å². The Morgan fingerprint density at radius 2 is 2.17 bits per heavy atom. The highest BCUT2D eigenvalue weighted by molar-refractivity contribution is 5.43. The Kier molecular flexibility index (Phi) is 4.16. The van der Waals surface area contributed by atoms with Gasteiger partial charge in [0.25, 0.3) is 0 Å². The number of rotatable bonds is 2. The number of aromatic nitrogens is 1. The van der Waals surface area contributed by atoms with Crippen molar-refractivity contribution in [1.29, 1.82) is 5.26 Å². The molecular formula is C14H19N3O. The molecule has 2 rings (SSSR count). The van der Waals surface area contributed by atoms with E-state index in [1.54, 1.807) is 6.20 Å². The molecule has 4 nitrogen and oxygen atoms in total. The molecule has 0 spiro atoms. The molecule has 2 atom stereocenters. The van der Waals surface area contributed by atoms with Gasteiger partial charge in [0, 0.05) is 12.2 Å². The molecule has 18 heavy (non-hydrogen) atoms. The summed E-state index contributed by atoms with van der Waals surface area (Å²) >= 11 is 0. The van der Waals surface area contributed by atoms with Crippen LogP contribution in [0.15, 0.2) is 12.3 Å². The lowest BCUT2D eigenvalue weighted by molar-refractivity contribution is 0.155. The van der Waals surface area contributed by atoms with Crippen molar-refractivity contribution in [2.75, 3.05) is 0 Å². The van der Waals surface area contributed by atoms with Crippen LogP contribution in [0.1, 0.15) is 43.2 Å². The smallest absolute Gasteiger partial charge is 0.232 e. The number of nitrogens with zero attached hydrogens (tertiary/aromatic N) is 2. The highest BCUT2D eigenvalue weighted by Crippen LogP contribution is 2.24. The molecular weight excluding hydrogens is 226 g/mol. The van der Waals surface area contributed by atoms with Gasteiger partial charge in [-0.25, -0.2) is 4.98 Å². The molecule has 0 saturated heterocycles. The lowest BCUT2D eigenvalue weighted by Crippen LogP contribution is -2.38. The molecule has 1 aromatic rings. The summed E-state index contributed by atoms with van der Waals surface area (Å²) in [5.74, 6) is 0.430. The van der Waals surface area contributed by atoms with Crippen molar-refractivity contribution in [3.8, 4) is 11.9 Å². The van der Waals surface area contributed by atoms with Crippen molar-refractivity contribution in [3.05, 3.63) is 23.4 Å². The van der Waals surface area contributed by atoms with E-state index in [4.69, 9.17) is 15.7 Å². The summed E-state index contributed by atoms with van der Waals surface area (Å²) in [5.41, 5.74) is 7.54. The summed E-state index contributed by atoms with van der Waals surface area (Å²) in [5, 5.41) is 9.15. The van der Waals surface area contributed by atoms with Gasteiger partial charge < -0.3 is 10.5 Å². The SMILES string of the molecule is Cc1ccnc(OC2CCCCCC2N)c1C#N. The number of pyridine rings is 1. The average Bonchev–Trinajstić information content (AvgIpc) is 2.55. The summed E-state index contributed by atoms with van der Waals surface area (Å²) in [6.07, 6.45) is 7.08. The van der Waals surface area contributed by atoms with Crippen molar-refractivity contribution in [3.63, 3.8) is 0 Å². The van der Waals surface area contributed by atoms with Gasteiger partial charge in [0.15, 0.2) is 0 Å². The van der Waals surface area contributed by atoms with E-state index in [9.17, 15) is 0 Å². The van der Waals surface area contributed by atoms with Crippen LogP contribution in [0.2, 0.25) is 0 Å². The van der Waals surface area contributed by atoms with Gasteiger partial charge in [-0.05, 0) is 37.8 Å². The second kappa shape index (κ2) is 5.83. The highest BCUT2D eigenvalue weighted by Gasteiger charge is 2.23. The first-order valence-corrected chi connectivity index (χ1v) is 6.50. The van der Waals surface area contributed by atoms with E-state index < -0.39 is 0 Å². The maximum Gasteiger partial charge on any atom is 0.232 e. The Labute approximate surface area is 108 Å². The van der Waals surface area contributed by atoms with Gasteiger partial charge in [0.2, 0.25) is 5.88 Å². The molecule has 0 aromatic carbocycles. The van der Waals surface area contributed by atoms with Crippen molar-refractivity contribution < 1.29 is 4.74 Å². The van der Waals surface area contributed by atoms with E-state index in [1.165, 1.54) is 6.42 Å². The molecule has 2 unspecified atom stereocenters. The maximum atomic E-state index is 9.15. The quantitative estimate of drug-likeness (QED) is 0.811. The van der Waals surface area contributed by atoms with Gasteiger partial charge in [0.1, 0.15) is 17.7 Å². The zero-order chi connectivity index (χ0) is 13.0. The zero-order valence-corrected chi connectivity index (χ0v) is 10.7. The maximum absolute atomic E-state index is 9.15. The number of hydrogen-bond donors (Lipinski definition) is 1. The lowest BCUT2D eigenvalue weighted by Gasteiger charge is -2.22. The fourth-order valence-electron chi connectivity index (χ4n) is 2.35. The fourth-order valence-corrected chi connectivity index (χ4v) is 2.35. The molecule has 4 heteroatoms. The predicted octanol–water partition coefficient (Wildman–Crippen LogP) is 2.30. The van der Waals surface area contributed by atoms with Crippen LogP contribution in [0.4, 0.5) is 0 Å².